The highest BCUT2D eigenvalue weighted by molar-refractivity contribution is 5.10. The fraction of sp³-hybridized carbons (Fsp3) is 0.750. The zero-order chi connectivity index (χ0) is 12.1. The molecule has 92 valence electrons. The smallest absolute Gasteiger partial charge is 0.0196 e. The van der Waals surface area contributed by atoms with Crippen molar-refractivity contribution in [2.24, 2.45) is 23.7 Å². The molecule has 0 heterocycles. The van der Waals surface area contributed by atoms with Gasteiger partial charge >= 0.3 is 0 Å². The summed E-state index contributed by atoms with van der Waals surface area (Å²) in [5.74, 6) is 3.33. The van der Waals surface area contributed by atoms with Crippen LogP contribution in [0.3, 0.4) is 0 Å². The molecule has 2 atom stereocenters. The molecule has 0 aromatic heterocycles. The Morgan fingerprint density at radius 3 is 2.50 bits per heavy atom. The van der Waals surface area contributed by atoms with E-state index >= 15 is 0 Å². The average Bonchev–Trinajstić information content (AvgIpc) is 2.80. The van der Waals surface area contributed by atoms with Gasteiger partial charge in [0.15, 0.2) is 0 Å². The van der Waals surface area contributed by atoms with Crippen LogP contribution in [0.2, 0.25) is 0 Å². The number of hydrogen-bond donors (Lipinski definition) is 0. The molecule has 2 unspecified atom stereocenters. The van der Waals surface area contributed by atoms with Crippen molar-refractivity contribution in [3.05, 3.63) is 23.8 Å². The fourth-order valence-corrected chi connectivity index (χ4v) is 2.35. The predicted molar refractivity (Wildman–Crippen MR) is 73.4 cm³/mol. The molecule has 1 aliphatic rings. The van der Waals surface area contributed by atoms with Crippen molar-refractivity contribution in [2.45, 2.75) is 53.9 Å². The van der Waals surface area contributed by atoms with Crippen LogP contribution in [0.25, 0.3) is 0 Å². The van der Waals surface area contributed by atoms with Crippen LogP contribution in [-0.2, 0) is 0 Å². The third-order valence-corrected chi connectivity index (χ3v) is 3.17. The molecule has 1 saturated carbocycles. The molecule has 0 nitrogen and oxygen atoms in total. The second-order valence-electron chi connectivity index (χ2n) is 6.18. The van der Waals surface area contributed by atoms with E-state index in [1.54, 1.807) is 5.57 Å². The third-order valence-electron chi connectivity index (χ3n) is 3.17. The zero-order valence-electron chi connectivity index (χ0n) is 11.7. The van der Waals surface area contributed by atoms with Gasteiger partial charge in [0.25, 0.3) is 0 Å². The van der Waals surface area contributed by atoms with Crippen molar-refractivity contribution in [1.82, 2.24) is 0 Å². The maximum absolute atomic E-state index is 2.52. The van der Waals surface area contributed by atoms with Crippen molar-refractivity contribution < 1.29 is 0 Å². The summed E-state index contributed by atoms with van der Waals surface area (Å²) in [6.07, 6.45) is 11.2. The molecular weight excluding hydrogens is 192 g/mol. The summed E-state index contributed by atoms with van der Waals surface area (Å²) in [5.41, 5.74) is 1.59. The molecule has 0 saturated heterocycles. The summed E-state index contributed by atoms with van der Waals surface area (Å²) < 4.78 is 0. The number of rotatable bonds is 6. The van der Waals surface area contributed by atoms with Crippen LogP contribution >= 0.6 is 0 Å². The van der Waals surface area contributed by atoms with Crippen LogP contribution in [0.5, 0.6) is 0 Å². The summed E-state index contributed by atoms with van der Waals surface area (Å²) in [5, 5.41) is 0. The van der Waals surface area contributed by atoms with E-state index in [9.17, 15) is 0 Å². The van der Waals surface area contributed by atoms with E-state index < -0.39 is 0 Å². The Morgan fingerprint density at radius 2 is 1.94 bits per heavy atom. The second-order valence-corrected chi connectivity index (χ2v) is 6.18. The molecule has 1 aliphatic carbocycles. The highest BCUT2D eigenvalue weighted by atomic mass is 14.4. The van der Waals surface area contributed by atoms with Crippen LogP contribution in [0.4, 0.5) is 0 Å². The van der Waals surface area contributed by atoms with Gasteiger partial charge in [-0.2, -0.15) is 0 Å². The number of hydrogen-bond acceptors (Lipinski definition) is 0. The van der Waals surface area contributed by atoms with Gasteiger partial charge in [-0.1, -0.05) is 51.5 Å². The largest absolute Gasteiger partial charge is 0.0880 e. The minimum atomic E-state index is 0.704. The SMILES string of the molecule is CC(=CC1CC1CC=CC(C)C)CC(C)C. The lowest BCUT2D eigenvalue weighted by Crippen LogP contribution is -1.89. The van der Waals surface area contributed by atoms with Crippen LogP contribution < -0.4 is 0 Å². The Kier molecular flexibility index (Phi) is 5.31. The summed E-state index contributed by atoms with van der Waals surface area (Å²) in [4.78, 5) is 0. The van der Waals surface area contributed by atoms with Crippen LogP contribution in [-0.4, -0.2) is 0 Å². The van der Waals surface area contributed by atoms with Gasteiger partial charge in [0.2, 0.25) is 0 Å². The Morgan fingerprint density at radius 1 is 1.25 bits per heavy atom. The normalized spacial score (nSPS) is 26.1. The van der Waals surface area contributed by atoms with Gasteiger partial charge < -0.3 is 0 Å². The van der Waals surface area contributed by atoms with Crippen molar-refractivity contribution >= 4 is 0 Å². The lowest BCUT2D eigenvalue weighted by molar-refractivity contribution is 0.638. The molecule has 0 aromatic rings. The molecule has 16 heavy (non-hydrogen) atoms. The van der Waals surface area contributed by atoms with E-state index in [1.807, 2.05) is 0 Å². The first kappa shape index (κ1) is 13.5. The third kappa shape index (κ3) is 5.53. The maximum Gasteiger partial charge on any atom is -0.0196 e. The van der Waals surface area contributed by atoms with Gasteiger partial charge in [0, 0.05) is 0 Å². The van der Waals surface area contributed by atoms with Gasteiger partial charge in [-0.3, -0.25) is 0 Å². The van der Waals surface area contributed by atoms with E-state index in [0.29, 0.717) is 5.92 Å². The van der Waals surface area contributed by atoms with Gasteiger partial charge in [-0.25, -0.2) is 0 Å². The molecule has 0 N–H and O–H groups in total. The van der Waals surface area contributed by atoms with E-state index in [0.717, 1.165) is 17.8 Å². The summed E-state index contributed by atoms with van der Waals surface area (Å²) >= 11 is 0. The Hall–Kier alpha value is -0.520. The first-order chi connectivity index (χ1) is 7.49. The lowest BCUT2D eigenvalue weighted by Gasteiger charge is -2.04. The highest BCUT2D eigenvalue weighted by Gasteiger charge is 2.33. The van der Waals surface area contributed by atoms with E-state index in [2.05, 4.69) is 52.8 Å². The summed E-state index contributed by atoms with van der Waals surface area (Å²) in [6.45, 7) is 11.4. The van der Waals surface area contributed by atoms with Crippen LogP contribution in [0.1, 0.15) is 53.9 Å². The van der Waals surface area contributed by atoms with Crippen molar-refractivity contribution in [2.75, 3.05) is 0 Å². The Bertz CT molecular complexity index is 255. The maximum atomic E-state index is 2.52. The molecule has 0 aliphatic heterocycles. The van der Waals surface area contributed by atoms with Crippen molar-refractivity contribution in [3.8, 4) is 0 Å². The quantitative estimate of drug-likeness (QED) is 0.538. The van der Waals surface area contributed by atoms with Gasteiger partial charge in [0.1, 0.15) is 0 Å². The van der Waals surface area contributed by atoms with Crippen LogP contribution in [0.15, 0.2) is 23.8 Å². The summed E-state index contributed by atoms with van der Waals surface area (Å²) in [6, 6.07) is 0. The van der Waals surface area contributed by atoms with E-state index in [-0.39, 0.29) is 0 Å². The van der Waals surface area contributed by atoms with E-state index in [1.165, 1.54) is 19.3 Å². The molecule has 1 rings (SSSR count). The molecule has 1 fully saturated rings. The minimum Gasteiger partial charge on any atom is -0.0880 e. The average molecular weight is 220 g/mol. The van der Waals surface area contributed by atoms with E-state index in [4.69, 9.17) is 0 Å². The minimum absolute atomic E-state index is 0.704. The van der Waals surface area contributed by atoms with Gasteiger partial charge in [-0.15, -0.1) is 0 Å². The fourth-order valence-electron chi connectivity index (χ4n) is 2.35. The first-order valence-electron chi connectivity index (χ1n) is 6.83. The predicted octanol–water partition coefficient (Wildman–Crippen LogP) is 5.22. The standard InChI is InChI=1S/C16H28/c1-12(2)7-6-8-15-11-16(15)10-14(5)9-13(3)4/h6-7,10,12-13,15-16H,8-9,11H2,1-5H3. The van der Waals surface area contributed by atoms with Crippen LogP contribution in [0, 0.1) is 23.7 Å². The molecule has 0 bridgehead atoms. The lowest BCUT2D eigenvalue weighted by atomic mass is 10.0. The van der Waals surface area contributed by atoms with Gasteiger partial charge in [-0.05, 0) is 49.9 Å². The first-order valence-corrected chi connectivity index (χ1v) is 6.83. The van der Waals surface area contributed by atoms with Gasteiger partial charge in [0.05, 0.1) is 0 Å². The molecule has 0 heteroatoms. The number of allylic oxidation sites excluding steroid dienone is 4. The van der Waals surface area contributed by atoms with Crippen molar-refractivity contribution in [1.29, 1.82) is 0 Å². The zero-order valence-corrected chi connectivity index (χ0v) is 11.7. The molecule has 0 amide bonds. The molecule has 0 radical (unpaired) electrons. The molecular formula is C16H28. The monoisotopic (exact) mass is 220 g/mol. The van der Waals surface area contributed by atoms with Crippen molar-refractivity contribution in [3.63, 3.8) is 0 Å². The second kappa shape index (κ2) is 6.27. The molecule has 0 spiro atoms. The highest BCUT2D eigenvalue weighted by Crippen LogP contribution is 2.43. The molecule has 0 aromatic carbocycles. The Labute approximate surface area is 102 Å². The topological polar surface area (TPSA) is 0 Å². The Balaban J connectivity index is 2.23. The summed E-state index contributed by atoms with van der Waals surface area (Å²) in [7, 11) is 0.